The second-order valence-electron chi connectivity index (χ2n) is 7.76. The van der Waals surface area contributed by atoms with Crippen LogP contribution in [0.2, 0.25) is 0 Å². The minimum atomic E-state index is -5.42. The van der Waals surface area contributed by atoms with Crippen molar-refractivity contribution in [2.45, 2.75) is 59.2 Å². The summed E-state index contributed by atoms with van der Waals surface area (Å²) in [4.78, 5) is 48.5. The third kappa shape index (κ3) is 7.48. The number of rotatable bonds is 10. The zero-order chi connectivity index (χ0) is 24.9. The molecular weight excluding hydrogens is 497 g/mol. The van der Waals surface area contributed by atoms with E-state index in [0.717, 1.165) is 0 Å². The second-order valence-corrected chi connectivity index (χ2v) is 14.6. The van der Waals surface area contributed by atoms with E-state index in [9.17, 15) is 28.3 Å². The van der Waals surface area contributed by atoms with Gasteiger partial charge in [0, 0.05) is 0 Å². The third-order valence-corrected chi connectivity index (χ3v) is 10.3. The minimum Gasteiger partial charge on any atom is -0.380 e. The van der Waals surface area contributed by atoms with E-state index in [4.69, 9.17) is 41.3 Å². The minimum absolute atomic E-state index is 0.897. The van der Waals surface area contributed by atoms with Crippen LogP contribution in [0, 0.1) is 23.7 Å². The van der Waals surface area contributed by atoms with Gasteiger partial charge >= 0.3 is 42.9 Å². The van der Waals surface area contributed by atoms with E-state index in [1.807, 2.05) is 0 Å². The molecule has 0 rings (SSSR count). The number of halogens is 2. The highest BCUT2D eigenvalue weighted by Crippen LogP contribution is 2.82. The fraction of sp³-hybridized carbons (Fsp3) is 0.765. The van der Waals surface area contributed by atoms with Crippen LogP contribution in [0.4, 0.5) is 0 Å². The van der Waals surface area contributed by atoms with E-state index in [2.05, 4.69) is 0 Å². The molecule has 0 saturated heterocycles. The van der Waals surface area contributed by atoms with Gasteiger partial charge in [-0.2, -0.15) is 0 Å². The van der Waals surface area contributed by atoms with Gasteiger partial charge in [-0.25, -0.2) is 9.13 Å². The molecule has 0 bridgehead atoms. The normalized spacial score (nSPS) is 12.8. The van der Waals surface area contributed by atoms with Crippen molar-refractivity contribution < 1.29 is 46.4 Å². The van der Waals surface area contributed by atoms with E-state index in [0.29, 0.717) is 0 Å². The largest absolute Gasteiger partial charge is 0.486 e. The molecule has 0 aromatic carbocycles. The Hall–Kier alpha value is -1.08. The molecule has 0 radical (unpaired) electrons. The maximum Gasteiger partial charge on any atom is 0.486 e. The van der Waals surface area contributed by atoms with Gasteiger partial charge in [0.2, 0.25) is 0 Å². The number of carbonyl (C=O) groups excluding carboxylic acids is 4. The van der Waals surface area contributed by atoms with Crippen LogP contribution in [-0.4, -0.2) is 27.7 Å². The second kappa shape index (κ2) is 11.2. The summed E-state index contributed by atoms with van der Waals surface area (Å²) in [6, 6.07) is 0. The Kier molecular flexibility index (Phi) is 10.8. The molecule has 31 heavy (non-hydrogen) atoms. The molecule has 10 nitrogen and oxygen atoms in total. The average molecular weight is 525 g/mol. The molecule has 0 aliphatic heterocycles. The molecule has 0 N–H and O–H groups in total. The topological polar surface area (TPSA) is 139 Å². The van der Waals surface area contributed by atoms with Gasteiger partial charge in [0.25, 0.3) is 0 Å². The summed E-state index contributed by atoms with van der Waals surface area (Å²) in [5.41, 5.74) is 0. The molecule has 0 spiro atoms. The zero-order valence-corrected chi connectivity index (χ0v) is 21.8. The fourth-order valence-corrected chi connectivity index (χ4v) is 6.13. The van der Waals surface area contributed by atoms with Gasteiger partial charge in [-0.1, -0.05) is 78.6 Å². The van der Waals surface area contributed by atoms with Crippen LogP contribution in [0.15, 0.2) is 0 Å². The standard InChI is InChI=1S/C17H28Cl2O10P2/c1-9(2)13(20)26-30(24,27-14(21)10(3)4)17(18,19)31(25,28-15(22)11(5)6)29-16(23)12(7)8/h9-12H,1-8H3. The summed E-state index contributed by atoms with van der Waals surface area (Å²) in [5, 5.41) is 0. The van der Waals surface area contributed by atoms with E-state index in [1.165, 1.54) is 55.4 Å². The fourth-order valence-electron chi connectivity index (χ4n) is 1.30. The summed E-state index contributed by atoms with van der Waals surface area (Å²) < 4.78 is 42.7. The quantitative estimate of drug-likeness (QED) is 0.274. The van der Waals surface area contributed by atoms with Crippen LogP contribution in [0.3, 0.4) is 0 Å². The lowest BCUT2D eigenvalue weighted by Crippen LogP contribution is -2.29. The molecule has 0 aliphatic carbocycles. The molecule has 0 saturated carbocycles. The number of alkyl halides is 2. The smallest absolute Gasteiger partial charge is 0.380 e. The van der Waals surface area contributed by atoms with Crippen molar-refractivity contribution in [2.75, 3.05) is 0 Å². The van der Waals surface area contributed by atoms with Crippen LogP contribution >= 0.6 is 38.4 Å². The lowest BCUT2D eigenvalue weighted by molar-refractivity contribution is -0.143. The van der Waals surface area contributed by atoms with Crippen LogP contribution in [-0.2, 0) is 46.4 Å². The van der Waals surface area contributed by atoms with Crippen LogP contribution in [0.1, 0.15) is 55.4 Å². The first-order valence-electron chi connectivity index (χ1n) is 9.33. The summed E-state index contributed by atoms with van der Waals surface area (Å²) in [6.45, 7) is 10.9. The highest BCUT2D eigenvalue weighted by molar-refractivity contribution is 7.81. The van der Waals surface area contributed by atoms with Gasteiger partial charge in [0.05, 0.1) is 23.7 Å². The Balaban J connectivity index is 6.69. The predicted octanol–water partition coefficient (Wildman–Crippen LogP) is 5.26. The van der Waals surface area contributed by atoms with E-state index >= 15 is 0 Å². The van der Waals surface area contributed by atoms with E-state index < -0.39 is 66.6 Å². The van der Waals surface area contributed by atoms with Crippen molar-refractivity contribution in [3.05, 3.63) is 0 Å². The SMILES string of the molecule is CC(C)C(=O)OP(=O)(OC(=O)C(C)C)C(Cl)(Cl)P(=O)(OC(=O)C(C)C)OC(=O)C(C)C. The summed E-state index contributed by atoms with van der Waals surface area (Å²) >= 11 is 12.2. The molecule has 0 heterocycles. The first kappa shape index (κ1) is 29.9. The van der Waals surface area contributed by atoms with Gasteiger partial charge in [-0.15, -0.1) is 0 Å². The molecule has 0 aromatic heterocycles. The van der Waals surface area contributed by atoms with Gasteiger partial charge in [0.1, 0.15) is 0 Å². The summed E-state index contributed by atoms with van der Waals surface area (Å²) in [7, 11) is -10.8. The third-order valence-electron chi connectivity index (χ3n) is 3.39. The maximum atomic E-state index is 13.5. The lowest BCUT2D eigenvalue weighted by atomic mass is 10.2. The maximum absolute atomic E-state index is 13.5. The highest BCUT2D eigenvalue weighted by Gasteiger charge is 2.71. The molecule has 0 aliphatic rings. The molecule has 0 amide bonds. The Labute approximate surface area is 191 Å². The molecule has 0 aromatic rings. The number of hydrogen-bond acceptors (Lipinski definition) is 10. The number of hydrogen-bond donors (Lipinski definition) is 0. The first-order chi connectivity index (χ1) is 13.8. The van der Waals surface area contributed by atoms with Crippen molar-refractivity contribution >= 4 is 62.3 Å². The van der Waals surface area contributed by atoms with Crippen molar-refractivity contribution in [1.29, 1.82) is 0 Å². The Bertz CT molecular complexity index is 689. The van der Waals surface area contributed by atoms with E-state index in [-0.39, 0.29) is 0 Å². The predicted molar refractivity (Wildman–Crippen MR) is 113 cm³/mol. The Morgan fingerprint density at radius 1 is 0.548 bits per heavy atom. The Morgan fingerprint density at radius 2 is 0.710 bits per heavy atom. The summed E-state index contributed by atoms with van der Waals surface area (Å²) in [5.74, 6) is -8.30. The van der Waals surface area contributed by atoms with Gasteiger partial charge in [-0.05, 0) is 0 Å². The molecule has 14 heteroatoms. The molecular formula is C17H28Cl2O10P2. The van der Waals surface area contributed by atoms with Crippen molar-refractivity contribution in [3.63, 3.8) is 0 Å². The van der Waals surface area contributed by atoms with Gasteiger partial charge < -0.3 is 18.1 Å². The van der Waals surface area contributed by atoms with Crippen LogP contribution < -0.4 is 0 Å². The van der Waals surface area contributed by atoms with Gasteiger partial charge in [-0.3, -0.25) is 19.2 Å². The summed E-state index contributed by atoms with van der Waals surface area (Å²) in [6.07, 6.45) is 0. The molecule has 0 atom stereocenters. The van der Waals surface area contributed by atoms with Crippen LogP contribution in [0.25, 0.3) is 0 Å². The van der Waals surface area contributed by atoms with Gasteiger partial charge in [0.15, 0.2) is 0 Å². The number of carbonyl (C=O) groups is 4. The highest BCUT2D eigenvalue weighted by atomic mass is 35.5. The average Bonchev–Trinajstić information content (AvgIpc) is 2.60. The molecule has 180 valence electrons. The van der Waals surface area contributed by atoms with Crippen molar-refractivity contribution in [2.24, 2.45) is 23.7 Å². The Morgan fingerprint density at radius 3 is 0.839 bits per heavy atom. The van der Waals surface area contributed by atoms with Crippen LogP contribution in [0.5, 0.6) is 0 Å². The first-order valence-corrected chi connectivity index (χ1v) is 13.2. The van der Waals surface area contributed by atoms with Crippen molar-refractivity contribution in [1.82, 2.24) is 0 Å². The molecule has 0 unspecified atom stereocenters. The van der Waals surface area contributed by atoms with Crippen molar-refractivity contribution in [3.8, 4) is 0 Å². The lowest BCUT2D eigenvalue weighted by Gasteiger charge is -2.32. The monoisotopic (exact) mass is 524 g/mol. The van der Waals surface area contributed by atoms with E-state index in [1.54, 1.807) is 0 Å². The zero-order valence-electron chi connectivity index (χ0n) is 18.5. The molecule has 0 fully saturated rings.